The van der Waals surface area contributed by atoms with Gasteiger partial charge in [0.15, 0.2) is 16.8 Å². The third kappa shape index (κ3) is 6.07. The Morgan fingerprint density at radius 2 is 1.45 bits per heavy atom. The first-order valence-electron chi connectivity index (χ1n) is 14.3. The summed E-state index contributed by atoms with van der Waals surface area (Å²) >= 11 is 1.40. The van der Waals surface area contributed by atoms with Crippen LogP contribution >= 0.6 is 11.8 Å². The Hall–Kier alpha value is -4.10. The predicted octanol–water partition coefficient (Wildman–Crippen LogP) is 8.32. The van der Waals surface area contributed by atoms with Gasteiger partial charge in [0, 0.05) is 33.9 Å². The number of hydrogen-bond acceptors (Lipinski definition) is 5. The first-order valence-corrected chi connectivity index (χ1v) is 15.3. The molecule has 5 rings (SSSR count). The highest BCUT2D eigenvalue weighted by Gasteiger charge is 2.21. The van der Waals surface area contributed by atoms with Crippen LogP contribution in [0.25, 0.3) is 22.8 Å². The summed E-state index contributed by atoms with van der Waals surface area (Å²) in [6.07, 6.45) is 0. The van der Waals surface area contributed by atoms with E-state index in [0.717, 1.165) is 45.5 Å². The normalized spacial score (nSPS) is 11.6. The van der Waals surface area contributed by atoms with Crippen LogP contribution in [0.4, 0.5) is 0 Å². The molecule has 0 fully saturated rings. The van der Waals surface area contributed by atoms with Gasteiger partial charge in [-0.2, -0.15) is 0 Å². The number of nitrogens with zero attached hydrogens (tertiary/aromatic N) is 4. The summed E-state index contributed by atoms with van der Waals surface area (Å²) in [5, 5.41) is 9.81. The number of carbonyl (C=O) groups excluding carboxylic acids is 1. The first kappa shape index (κ1) is 29.4. The van der Waals surface area contributed by atoms with Gasteiger partial charge >= 0.3 is 0 Å². The molecule has 0 unspecified atom stereocenters. The fraction of sp³-hybridized carbons (Fsp3) is 0.286. The highest BCUT2D eigenvalue weighted by atomic mass is 32.2. The molecule has 7 heteroatoms. The van der Waals surface area contributed by atoms with Crippen molar-refractivity contribution in [1.29, 1.82) is 0 Å². The maximum absolute atomic E-state index is 13.6. The van der Waals surface area contributed by atoms with Gasteiger partial charge in [-0.3, -0.25) is 9.36 Å². The van der Waals surface area contributed by atoms with Crippen molar-refractivity contribution < 1.29 is 9.53 Å². The molecular weight excluding hydrogens is 540 g/mol. The second kappa shape index (κ2) is 12.0. The number of aryl methyl sites for hydroxylation is 2. The maximum Gasteiger partial charge on any atom is 0.196 e. The number of aromatic nitrogens is 4. The van der Waals surface area contributed by atoms with Crippen LogP contribution in [-0.4, -0.2) is 37.5 Å². The summed E-state index contributed by atoms with van der Waals surface area (Å²) in [6, 6.07) is 26.7. The Labute approximate surface area is 252 Å². The van der Waals surface area contributed by atoms with E-state index in [1.165, 1.54) is 22.9 Å². The van der Waals surface area contributed by atoms with Gasteiger partial charge < -0.3 is 9.30 Å². The molecule has 0 bridgehead atoms. The lowest BCUT2D eigenvalue weighted by Crippen LogP contribution is -2.10. The molecule has 0 saturated carbocycles. The number of ether oxygens (including phenoxy) is 1. The molecule has 0 amide bonds. The Kier molecular flexibility index (Phi) is 8.41. The molecule has 2 heterocycles. The molecule has 0 aliphatic carbocycles. The Morgan fingerprint density at radius 3 is 2.07 bits per heavy atom. The minimum absolute atomic E-state index is 0.0531. The molecule has 0 N–H and O–H groups in total. The molecule has 2 aromatic heterocycles. The molecule has 6 nitrogen and oxygen atoms in total. The zero-order valence-corrected chi connectivity index (χ0v) is 26.2. The molecule has 0 atom stereocenters. The van der Waals surface area contributed by atoms with Crippen LogP contribution < -0.4 is 4.74 Å². The maximum atomic E-state index is 13.6. The number of ketones is 1. The van der Waals surface area contributed by atoms with Crippen molar-refractivity contribution in [3.63, 3.8) is 0 Å². The fourth-order valence-corrected chi connectivity index (χ4v) is 5.94. The molecule has 5 aromatic rings. The predicted molar refractivity (Wildman–Crippen MR) is 172 cm³/mol. The van der Waals surface area contributed by atoms with Crippen molar-refractivity contribution >= 4 is 17.5 Å². The standard InChI is InChI=1S/C35H38N4O2S/c1-8-41-30-19-17-29(18-20-30)39-33(26-11-13-27(14-12-26)35(5,6)7)36-37-34(39)42-22-32(40)31-21-24(3)38(25(31)4)28-15-9-23(2)10-16-28/h9-21H,8,22H2,1-7H3. The summed E-state index contributed by atoms with van der Waals surface area (Å²) in [4.78, 5) is 13.6. The van der Waals surface area contributed by atoms with Gasteiger partial charge in [-0.15, -0.1) is 10.2 Å². The van der Waals surface area contributed by atoms with E-state index in [-0.39, 0.29) is 17.0 Å². The summed E-state index contributed by atoms with van der Waals surface area (Å²) in [5.74, 6) is 1.84. The number of carbonyl (C=O) groups is 1. The zero-order chi connectivity index (χ0) is 30.0. The lowest BCUT2D eigenvalue weighted by atomic mass is 9.87. The summed E-state index contributed by atoms with van der Waals surface area (Å²) in [5.41, 5.74) is 8.13. The Bertz CT molecular complexity index is 1690. The molecular formula is C35H38N4O2S. The second-order valence-corrected chi connectivity index (χ2v) is 12.5. The second-order valence-electron chi connectivity index (χ2n) is 11.6. The van der Waals surface area contributed by atoms with Crippen molar-refractivity contribution in [2.24, 2.45) is 0 Å². The van der Waals surface area contributed by atoms with E-state index in [4.69, 9.17) is 4.74 Å². The number of Topliss-reactive ketones (excluding diaryl/α,β-unsaturated/α-hetero) is 1. The monoisotopic (exact) mass is 578 g/mol. The number of rotatable bonds is 9. The molecule has 3 aromatic carbocycles. The van der Waals surface area contributed by atoms with E-state index in [1.54, 1.807) is 0 Å². The van der Waals surface area contributed by atoms with Gasteiger partial charge in [0.25, 0.3) is 0 Å². The van der Waals surface area contributed by atoms with Crippen LogP contribution in [0, 0.1) is 20.8 Å². The van der Waals surface area contributed by atoms with Gasteiger partial charge in [-0.25, -0.2) is 0 Å². The largest absolute Gasteiger partial charge is 0.494 e. The van der Waals surface area contributed by atoms with Gasteiger partial charge in [-0.05, 0) is 81.1 Å². The zero-order valence-electron chi connectivity index (χ0n) is 25.4. The average molecular weight is 579 g/mol. The number of thioether (sulfide) groups is 1. The molecule has 216 valence electrons. The van der Waals surface area contributed by atoms with E-state index in [9.17, 15) is 4.79 Å². The number of benzene rings is 3. The van der Waals surface area contributed by atoms with E-state index in [0.29, 0.717) is 11.8 Å². The van der Waals surface area contributed by atoms with Crippen LogP contribution in [0.15, 0.2) is 84.0 Å². The molecule has 0 aliphatic heterocycles. The van der Waals surface area contributed by atoms with Crippen LogP contribution in [0.5, 0.6) is 5.75 Å². The minimum atomic E-state index is 0.0531. The highest BCUT2D eigenvalue weighted by molar-refractivity contribution is 7.99. The summed E-state index contributed by atoms with van der Waals surface area (Å²) in [7, 11) is 0. The van der Waals surface area contributed by atoms with Gasteiger partial charge in [0.1, 0.15) is 5.75 Å². The van der Waals surface area contributed by atoms with Crippen LogP contribution in [-0.2, 0) is 5.41 Å². The smallest absolute Gasteiger partial charge is 0.196 e. The van der Waals surface area contributed by atoms with E-state index in [2.05, 4.69) is 91.0 Å². The van der Waals surface area contributed by atoms with Crippen molar-refractivity contribution in [3.05, 3.63) is 107 Å². The van der Waals surface area contributed by atoms with E-state index in [1.807, 2.05) is 55.7 Å². The topological polar surface area (TPSA) is 61.9 Å². The van der Waals surface area contributed by atoms with Crippen molar-refractivity contribution in [2.45, 2.75) is 59.0 Å². The quantitative estimate of drug-likeness (QED) is 0.130. The van der Waals surface area contributed by atoms with Crippen LogP contribution in [0.2, 0.25) is 0 Å². The van der Waals surface area contributed by atoms with Crippen LogP contribution in [0.3, 0.4) is 0 Å². The lowest BCUT2D eigenvalue weighted by Gasteiger charge is -2.19. The SMILES string of the molecule is CCOc1ccc(-n2c(SCC(=O)c3cc(C)n(-c4ccc(C)cc4)c3C)nnc2-c2ccc(C(C)(C)C)cc2)cc1. The first-order chi connectivity index (χ1) is 20.1. The van der Waals surface area contributed by atoms with Crippen LogP contribution in [0.1, 0.15) is 60.6 Å². The van der Waals surface area contributed by atoms with Gasteiger partial charge in [-0.1, -0.05) is 74.5 Å². The molecule has 42 heavy (non-hydrogen) atoms. The molecule has 0 radical (unpaired) electrons. The van der Waals surface area contributed by atoms with Crippen molar-refractivity contribution in [3.8, 4) is 28.5 Å². The van der Waals surface area contributed by atoms with Gasteiger partial charge in [0.2, 0.25) is 0 Å². The summed E-state index contributed by atoms with van der Waals surface area (Å²) < 4.78 is 9.83. The Morgan fingerprint density at radius 1 is 0.833 bits per heavy atom. The Balaban J connectivity index is 1.46. The average Bonchev–Trinajstić information content (AvgIpc) is 3.52. The lowest BCUT2D eigenvalue weighted by molar-refractivity contribution is 0.102. The molecule has 0 spiro atoms. The fourth-order valence-electron chi connectivity index (χ4n) is 5.10. The summed E-state index contributed by atoms with van der Waals surface area (Å²) in [6.45, 7) is 15.3. The van der Waals surface area contributed by atoms with Crippen molar-refractivity contribution in [2.75, 3.05) is 12.4 Å². The highest BCUT2D eigenvalue weighted by Crippen LogP contribution is 2.32. The number of hydrogen-bond donors (Lipinski definition) is 0. The minimum Gasteiger partial charge on any atom is -0.494 e. The van der Waals surface area contributed by atoms with Gasteiger partial charge in [0.05, 0.1) is 12.4 Å². The molecule has 0 saturated heterocycles. The molecule has 0 aliphatic rings. The van der Waals surface area contributed by atoms with E-state index >= 15 is 0 Å². The third-order valence-electron chi connectivity index (χ3n) is 7.40. The van der Waals surface area contributed by atoms with E-state index < -0.39 is 0 Å². The van der Waals surface area contributed by atoms with Crippen molar-refractivity contribution in [1.82, 2.24) is 19.3 Å². The third-order valence-corrected chi connectivity index (χ3v) is 8.33.